The third kappa shape index (κ3) is 2.56. The van der Waals surface area contributed by atoms with E-state index in [0.717, 1.165) is 37.2 Å². The summed E-state index contributed by atoms with van der Waals surface area (Å²) < 4.78 is 17.8. The summed E-state index contributed by atoms with van der Waals surface area (Å²) in [6.07, 6.45) is 3.18. The maximum atomic E-state index is 9.45. The molecule has 0 bridgehead atoms. The Balaban J connectivity index is 1.48. The highest BCUT2D eigenvalue weighted by molar-refractivity contribution is 5.76. The number of benzene rings is 2. The van der Waals surface area contributed by atoms with Gasteiger partial charge in [0, 0.05) is 0 Å². The van der Waals surface area contributed by atoms with Gasteiger partial charge in [-0.1, -0.05) is 18.2 Å². The summed E-state index contributed by atoms with van der Waals surface area (Å²) in [6, 6.07) is 10.4. The quantitative estimate of drug-likeness (QED) is 0.916. The lowest BCUT2D eigenvalue weighted by atomic mass is 9.79. The highest BCUT2D eigenvalue weighted by atomic mass is 16.7. The van der Waals surface area contributed by atoms with E-state index in [4.69, 9.17) is 14.2 Å². The average Bonchev–Trinajstić information content (AvgIpc) is 3.22. The lowest BCUT2D eigenvalue weighted by molar-refractivity contribution is -0.0906. The van der Waals surface area contributed by atoms with Crippen LogP contribution in [-0.2, 0) is 28.9 Å². The first-order valence-electron chi connectivity index (χ1n) is 9.50. The SMILES string of the molecule is Cc1cc(OC2CO[C@H]3OCC[C@@H]23)c2c(c1-c1cccc(CO)c1)CC2. The molecule has 1 aliphatic carbocycles. The standard InChI is InChI=1S/C22H24O4/c1-13-9-19(26-20-12-25-22-18(20)7-8-24-22)16-5-6-17(16)21(13)15-4-2-3-14(10-15)11-23/h2-4,9-10,18,20,22-23H,5-8,11-12H2,1H3/t18-,20?,22+/m0/s1. The van der Waals surface area contributed by atoms with E-state index in [9.17, 15) is 5.11 Å². The van der Waals surface area contributed by atoms with Gasteiger partial charge < -0.3 is 19.3 Å². The van der Waals surface area contributed by atoms with Crippen molar-refractivity contribution >= 4 is 0 Å². The predicted octanol–water partition coefficient (Wildman–Crippen LogP) is 3.39. The first-order valence-corrected chi connectivity index (χ1v) is 9.50. The van der Waals surface area contributed by atoms with Crippen molar-refractivity contribution in [2.24, 2.45) is 5.92 Å². The van der Waals surface area contributed by atoms with E-state index in [1.807, 2.05) is 12.1 Å². The van der Waals surface area contributed by atoms with Crippen LogP contribution in [0.15, 0.2) is 30.3 Å². The Labute approximate surface area is 153 Å². The molecule has 136 valence electrons. The molecule has 0 spiro atoms. The van der Waals surface area contributed by atoms with Crippen molar-refractivity contribution < 1.29 is 19.3 Å². The molecule has 2 fully saturated rings. The number of aliphatic hydroxyl groups excluding tert-OH is 1. The van der Waals surface area contributed by atoms with Gasteiger partial charge in [-0.05, 0) is 71.7 Å². The van der Waals surface area contributed by atoms with Gasteiger partial charge in [-0.15, -0.1) is 0 Å². The maximum absolute atomic E-state index is 9.45. The minimum absolute atomic E-state index is 0.0720. The molecule has 2 aromatic carbocycles. The van der Waals surface area contributed by atoms with E-state index in [1.54, 1.807) is 0 Å². The van der Waals surface area contributed by atoms with E-state index in [0.29, 0.717) is 12.5 Å². The van der Waals surface area contributed by atoms with Crippen LogP contribution in [0, 0.1) is 12.8 Å². The summed E-state index contributed by atoms with van der Waals surface area (Å²) >= 11 is 0. The number of fused-ring (bicyclic) bond motifs is 2. The van der Waals surface area contributed by atoms with E-state index in [-0.39, 0.29) is 19.0 Å². The Morgan fingerprint density at radius 1 is 1.15 bits per heavy atom. The van der Waals surface area contributed by atoms with Gasteiger partial charge in [0.05, 0.1) is 25.7 Å². The van der Waals surface area contributed by atoms with Gasteiger partial charge in [0.25, 0.3) is 0 Å². The van der Waals surface area contributed by atoms with Crippen molar-refractivity contribution in [3.63, 3.8) is 0 Å². The summed E-state index contributed by atoms with van der Waals surface area (Å²) in [7, 11) is 0. The van der Waals surface area contributed by atoms with Gasteiger partial charge in [-0.25, -0.2) is 0 Å². The van der Waals surface area contributed by atoms with Gasteiger partial charge in [0.2, 0.25) is 0 Å². The second-order valence-corrected chi connectivity index (χ2v) is 7.56. The van der Waals surface area contributed by atoms with Crippen molar-refractivity contribution in [2.75, 3.05) is 13.2 Å². The highest BCUT2D eigenvalue weighted by Crippen LogP contribution is 2.43. The summed E-state index contributed by atoms with van der Waals surface area (Å²) in [6.45, 7) is 3.61. The summed E-state index contributed by atoms with van der Waals surface area (Å²) in [4.78, 5) is 0. The van der Waals surface area contributed by atoms with Gasteiger partial charge in [-0.2, -0.15) is 0 Å². The van der Waals surface area contributed by atoms with Crippen LogP contribution in [0.3, 0.4) is 0 Å². The fourth-order valence-electron chi connectivity index (χ4n) is 4.56. The van der Waals surface area contributed by atoms with Crippen LogP contribution in [0.25, 0.3) is 11.1 Å². The van der Waals surface area contributed by atoms with Crippen molar-refractivity contribution in [3.05, 3.63) is 52.6 Å². The molecule has 5 rings (SSSR count). The smallest absolute Gasteiger partial charge is 0.164 e. The minimum Gasteiger partial charge on any atom is -0.487 e. The molecule has 2 aromatic rings. The molecule has 0 aromatic heterocycles. The van der Waals surface area contributed by atoms with E-state index in [1.165, 1.54) is 27.8 Å². The Kier molecular flexibility index (Phi) is 4.00. The molecule has 3 aliphatic rings. The van der Waals surface area contributed by atoms with Crippen molar-refractivity contribution in [3.8, 4) is 16.9 Å². The molecule has 0 amide bonds. The first-order chi connectivity index (χ1) is 12.7. The second kappa shape index (κ2) is 6.38. The number of aryl methyl sites for hydroxylation is 1. The Bertz CT molecular complexity index is 844. The number of hydrogen-bond donors (Lipinski definition) is 1. The fraction of sp³-hybridized carbons (Fsp3) is 0.455. The summed E-state index contributed by atoms with van der Waals surface area (Å²) in [5.41, 5.74) is 7.40. The summed E-state index contributed by atoms with van der Waals surface area (Å²) in [5.74, 6) is 1.37. The summed E-state index contributed by atoms with van der Waals surface area (Å²) in [5, 5.41) is 9.45. The van der Waals surface area contributed by atoms with Crippen LogP contribution in [-0.4, -0.2) is 30.7 Å². The Morgan fingerprint density at radius 2 is 2.04 bits per heavy atom. The zero-order valence-corrected chi connectivity index (χ0v) is 15.0. The van der Waals surface area contributed by atoms with Crippen molar-refractivity contribution in [1.29, 1.82) is 0 Å². The lowest BCUT2D eigenvalue weighted by Crippen LogP contribution is -2.27. The molecule has 4 heteroatoms. The van der Waals surface area contributed by atoms with Gasteiger partial charge in [0.15, 0.2) is 6.29 Å². The monoisotopic (exact) mass is 352 g/mol. The molecule has 2 heterocycles. The minimum atomic E-state index is -0.0764. The predicted molar refractivity (Wildman–Crippen MR) is 98.2 cm³/mol. The van der Waals surface area contributed by atoms with Crippen LogP contribution in [0.2, 0.25) is 0 Å². The van der Waals surface area contributed by atoms with Crippen LogP contribution in [0.5, 0.6) is 5.75 Å². The molecule has 0 saturated carbocycles. The molecule has 1 unspecified atom stereocenters. The van der Waals surface area contributed by atoms with Crippen LogP contribution >= 0.6 is 0 Å². The molecule has 0 radical (unpaired) electrons. The molecular formula is C22H24O4. The molecule has 3 atom stereocenters. The van der Waals surface area contributed by atoms with E-state index < -0.39 is 0 Å². The third-order valence-corrected chi connectivity index (χ3v) is 5.99. The van der Waals surface area contributed by atoms with Crippen LogP contribution in [0.4, 0.5) is 0 Å². The number of rotatable bonds is 4. The largest absolute Gasteiger partial charge is 0.487 e. The van der Waals surface area contributed by atoms with Gasteiger partial charge >= 0.3 is 0 Å². The molecule has 1 N–H and O–H groups in total. The third-order valence-electron chi connectivity index (χ3n) is 5.99. The highest BCUT2D eigenvalue weighted by Gasteiger charge is 2.43. The van der Waals surface area contributed by atoms with Crippen LogP contribution in [0.1, 0.15) is 28.7 Å². The maximum Gasteiger partial charge on any atom is 0.164 e. The molecule has 4 nitrogen and oxygen atoms in total. The number of ether oxygens (including phenoxy) is 3. The zero-order valence-electron chi connectivity index (χ0n) is 15.0. The molecule has 2 saturated heterocycles. The Hall–Kier alpha value is -1.88. The van der Waals surface area contributed by atoms with E-state index in [2.05, 4.69) is 25.1 Å². The van der Waals surface area contributed by atoms with Gasteiger partial charge in [0.1, 0.15) is 11.9 Å². The normalized spacial score (nSPS) is 26.3. The van der Waals surface area contributed by atoms with Crippen molar-refractivity contribution in [2.45, 2.75) is 45.2 Å². The van der Waals surface area contributed by atoms with Crippen LogP contribution < -0.4 is 4.74 Å². The van der Waals surface area contributed by atoms with E-state index >= 15 is 0 Å². The second-order valence-electron chi connectivity index (χ2n) is 7.56. The molecular weight excluding hydrogens is 328 g/mol. The lowest BCUT2D eigenvalue weighted by Gasteiger charge is -2.30. The Morgan fingerprint density at radius 3 is 2.85 bits per heavy atom. The van der Waals surface area contributed by atoms with Crippen molar-refractivity contribution in [1.82, 2.24) is 0 Å². The van der Waals surface area contributed by atoms with Gasteiger partial charge in [-0.3, -0.25) is 0 Å². The number of hydrogen-bond acceptors (Lipinski definition) is 4. The fourth-order valence-corrected chi connectivity index (χ4v) is 4.56. The molecule has 26 heavy (non-hydrogen) atoms. The first kappa shape index (κ1) is 16.3. The average molecular weight is 352 g/mol. The topological polar surface area (TPSA) is 47.9 Å². The zero-order chi connectivity index (χ0) is 17.7. The number of aliphatic hydroxyl groups is 1. The molecule has 2 aliphatic heterocycles.